The Kier molecular flexibility index (Phi) is 3.94. The molecule has 1 aromatic carbocycles. The highest BCUT2D eigenvalue weighted by Gasteiger charge is 2.32. The number of morpholine rings is 1. The molecule has 1 aliphatic heterocycles. The van der Waals surface area contributed by atoms with Gasteiger partial charge in [0.2, 0.25) is 10.0 Å². The second-order valence-electron chi connectivity index (χ2n) is 4.99. The van der Waals surface area contributed by atoms with Gasteiger partial charge in [0.1, 0.15) is 5.82 Å². The summed E-state index contributed by atoms with van der Waals surface area (Å²) in [6.07, 6.45) is -0.278. The lowest BCUT2D eigenvalue weighted by Crippen LogP contribution is -2.48. The first-order valence-electron chi connectivity index (χ1n) is 6.22. The smallest absolute Gasteiger partial charge is 0.243 e. The van der Waals surface area contributed by atoms with E-state index in [1.165, 1.54) is 22.5 Å². The van der Waals surface area contributed by atoms with Crippen molar-refractivity contribution < 1.29 is 17.5 Å². The summed E-state index contributed by atoms with van der Waals surface area (Å²) in [5.74, 6) is -0.400. The third-order valence-corrected chi connectivity index (χ3v) is 4.98. The average molecular weight is 287 g/mol. The summed E-state index contributed by atoms with van der Waals surface area (Å²) >= 11 is 0. The van der Waals surface area contributed by atoms with Crippen molar-refractivity contribution in [2.75, 3.05) is 13.1 Å². The van der Waals surface area contributed by atoms with Crippen molar-refractivity contribution in [1.29, 1.82) is 0 Å². The minimum atomic E-state index is -3.58. The quantitative estimate of drug-likeness (QED) is 0.835. The van der Waals surface area contributed by atoms with E-state index in [4.69, 9.17) is 4.74 Å². The highest BCUT2D eigenvalue weighted by molar-refractivity contribution is 7.89. The largest absolute Gasteiger partial charge is 0.373 e. The van der Waals surface area contributed by atoms with Crippen LogP contribution in [0.25, 0.3) is 0 Å². The van der Waals surface area contributed by atoms with E-state index in [9.17, 15) is 12.8 Å². The van der Waals surface area contributed by atoms with Crippen LogP contribution in [0.15, 0.2) is 23.1 Å². The molecule has 0 spiro atoms. The zero-order valence-electron chi connectivity index (χ0n) is 11.3. The normalized spacial score (nSPS) is 25.5. The number of benzene rings is 1. The highest BCUT2D eigenvalue weighted by Crippen LogP contribution is 2.22. The second-order valence-corrected chi connectivity index (χ2v) is 6.93. The molecule has 0 radical (unpaired) electrons. The summed E-state index contributed by atoms with van der Waals surface area (Å²) in [4.78, 5) is 0.132. The van der Waals surface area contributed by atoms with E-state index in [0.29, 0.717) is 18.7 Å². The van der Waals surface area contributed by atoms with Crippen molar-refractivity contribution in [2.24, 2.45) is 0 Å². The van der Waals surface area contributed by atoms with E-state index in [-0.39, 0.29) is 17.1 Å². The zero-order valence-corrected chi connectivity index (χ0v) is 12.1. The average Bonchev–Trinajstić information content (AvgIpc) is 2.31. The van der Waals surface area contributed by atoms with Crippen LogP contribution in [0.1, 0.15) is 19.4 Å². The standard InChI is InChI=1S/C13H18FNO3S/c1-9-6-12(4-5-13(9)14)19(16,17)15-7-10(2)18-11(3)8-15/h4-6,10-11H,7-8H2,1-3H3/t10-,11-/m0/s1. The Labute approximate surface area is 113 Å². The van der Waals surface area contributed by atoms with Crippen LogP contribution < -0.4 is 0 Å². The lowest BCUT2D eigenvalue weighted by atomic mass is 10.2. The summed E-state index contributed by atoms with van der Waals surface area (Å²) < 4.78 is 45.1. The molecular weight excluding hydrogens is 269 g/mol. The fourth-order valence-corrected chi connectivity index (χ4v) is 3.93. The molecule has 1 fully saturated rings. The summed E-state index contributed by atoms with van der Waals surface area (Å²) in [6, 6.07) is 3.87. The number of halogens is 1. The van der Waals surface area contributed by atoms with Gasteiger partial charge < -0.3 is 4.74 Å². The van der Waals surface area contributed by atoms with Gasteiger partial charge in [-0.2, -0.15) is 4.31 Å². The van der Waals surface area contributed by atoms with Crippen LogP contribution >= 0.6 is 0 Å². The Hall–Kier alpha value is -0.980. The summed E-state index contributed by atoms with van der Waals surface area (Å²) in [7, 11) is -3.58. The number of sulfonamides is 1. The van der Waals surface area contributed by atoms with Crippen molar-refractivity contribution in [3.63, 3.8) is 0 Å². The van der Waals surface area contributed by atoms with Crippen LogP contribution in [0.2, 0.25) is 0 Å². The van der Waals surface area contributed by atoms with Crippen molar-refractivity contribution in [1.82, 2.24) is 4.31 Å². The Morgan fingerprint density at radius 3 is 2.37 bits per heavy atom. The molecule has 0 aromatic heterocycles. The summed E-state index contributed by atoms with van der Waals surface area (Å²) in [5.41, 5.74) is 0.329. The van der Waals surface area contributed by atoms with Gasteiger partial charge in [0, 0.05) is 13.1 Å². The third kappa shape index (κ3) is 2.96. The molecule has 2 atom stereocenters. The third-order valence-electron chi connectivity index (χ3n) is 3.15. The van der Waals surface area contributed by atoms with Gasteiger partial charge in [0.05, 0.1) is 17.1 Å². The SMILES string of the molecule is Cc1cc(S(=O)(=O)N2C[C@H](C)O[C@@H](C)C2)ccc1F. The topological polar surface area (TPSA) is 46.6 Å². The predicted octanol–water partition coefficient (Wildman–Crippen LogP) is 1.93. The molecule has 4 nitrogen and oxygen atoms in total. The monoisotopic (exact) mass is 287 g/mol. The van der Waals surface area contributed by atoms with E-state index in [2.05, 4.69) is 0 Å². The Bertz CT molecular complexity index is 563. The number of hydrogen-bond acceptors (Lipinski definition) is 3. The molecule has 0 saturated carbocycles. The fourth-order valence-electron chi connectivity index (χ4n) is 2.25. The van der Waals surface area contributed by atoms with Crippen LogP contribution in [0.4, 0.5) is 4.39 Å². The van der Waals surface area contributed by atoms with Gasteiger partial charge in [-0.05, 0) is 44.5 Å². The highest BCUT2D eigenvalue weighted by atomic mass is 32.2. The zero-order chi connectivity index (χ0) is 14.2. The Morgan fingerprint density at radius 1 is 1.26 bits per heavy atom. The van der Waals surface area contributed by atoms with Crippen molar-refractivity contribution in [2.45, 2.75) is 37.9 Å². The molecule has 6 heteroatoms. The van der Waals surface area contributed by atoms with Gasteiger partial charge >= 0.3 is 0 Å². The molecular formula is C13H18FNO3S. The van der Waals surface area contributed by atoms with Crippen LogP contribution in [0, 0.1) is 12.7 Å². The summed E-state index contributed by atoms with van der Waals surface area (Å²) in [5, 5.41) is 0. The van der Waals surface area contributed by atoms with Gasteiger partial charge in [-0.1, -0.05) is 0 Å². The van der Waals surface area contributed by atoms with E-state index >= 15 is 0 Å². The number of ether oxygens (including phenoxy) is 1. The minimum absolute atomic E-state index is 0.132. The van der Waals surface area contributed by atoms with Gasteiger partial charge in [0.25, 0.3) is 0 Å². The molecule has 1 aliphatic rings. The van der Waals surface area contributed by atoms with Gasteiger partial charge in [-0.25, -0.2) is 12.8 Å². The van der Waals surface area contributed by atoms with Crippen molar-refractivity contribution >= 4 is 10.0 Å². The molecule has 0 N–H and O–H groups in total. The van der Waals surface area contributed by atoms with E-state index in [1.807, 2.05) is 13.8 Å². The lowest BCUT2D eigenvalue weighted by Gasteiger charge is -2.34. The van der Waals surface area contributed by atoms with E-state index < -0.39 is 15.8 Å². The molecule has 0 aliphatic carbocycles. The van der Waals surface area contributed by atoms with Gasteiger partial charge in [-0.15, -0.1) is 0 Å². The van der Waals surface area contributed by atoms with Crippen LogP contribution in [0.5, 0.6) is 0 Å². The molecule has 0 unspecified atom stereocenters. The maximum Gasteiger partial charge on any atom is 0.243 e. The number of rotatable bonds is 2. The number of nitrogens with zero attached hydrogens (tertiary/aromatic N) is 1. The molecule has 106 valence electrons. The second kappa shape index (κ2) is 5.19. The fraction of sp³-hybridized carbons (Fsp3) is 0.538. The van der Waals surface area contributed by atoms with Crippen LogP contribution in [0.3, 0.4) is 0 Å². The van der Waals surface area contributed by atoms with Gasteiger partial charge in [-0.3, -0.25) is 0 Å². The molecule has 0 amide bonds. The molecule has 19 heavy (non-hydrogen) atoms. The van der Waals surface area contributed by atoms with Gasteiger partial charge in [0.15, 0.2) is 0 Å². The maximum atomic E-state index is 13.2. The first-order chi connectivity index (χ1) is 8.80. The lowest BCUT2D eigenvalue weighted by molar-refractivity contribution is -0.0440. The minimum Gasteiger partial charge on any atom is -0.373 e. The molecule has 1 saturated heterocycles. The van der Waals surface area contributed by atoms with Crippen LogP contribution in [-0.4, -0.2) is 38.0 Å². The maximum absolute atomic E-state index is 13.2. The summed E-state index contributed by atoms with van der Waals surface area (Å²) in [6.45, 7) is 5.88. The van der Waals surface area contributed by atoms with Crippen molar-refractivity contribution in [3.05, 3.63) is 29.6 Å². The predicted molar refractivity (Wildman–Crippen MR) is 69.9 cm³/mol. The Morgan fingerprint density at radius 2 is 1.84 bits per heavy atom. The van der Waals surface area contributed by atoms with E-state index in [1.54, 1.807) is 6.92 Å². The number of aryl methyl sites for hydroxylation is 1. The number of hydrogen-bond donors (Lipinski definition) is 0. The molecule has 1 aromatic rings. The first-order valence-corrected chi connectivity index (χ1v) is 7.66. The molecule has 1 heterocycles. The Balaban J connectivity index is 2.33. The molecule has 0 bridgehead atoms. The molecule has 2 rings (SSSR count). The van der Waals surface area contributed by atoms with E-state index in [0.717, 1.165) is 0 Å². The van der Waals surface area contributed by atoms with Crippen molar-refractivity contribution in [3.8, 4) is 0 Å². The first kappa shape index (κ1) is 14.4. The van der Waals surface area contributed by atoms with Crippen LogP contribution in [-0.2, 0) is 14.8 Å².